The second-order valence-electron chi connectivity index (χ2n) is 8.94. The number of halogens is 1. The number of amides is 2. The van der Waals surface area contributed by atoms with Crippen LogP contribution in [0.5, 0.6) is 11.5 Å². The first-order chi connectivity index (χ1) is 17.4. The van der Waals surface area contributed by atoms with Crippen LogP contribution >= 0.6 is 11.3 Å². The number of benzene rings is 2. The number of ether oxygens (including phenoxy) is 2. The van der Waals surface area contributed by atoms with Gasteiger partial charge in [0, 0.05) is 49.4 Å². The number of fused-ring (bicyclic) bond motifs is 1. The number of nitrogens with zero attached hydrogens (tertiary/aromatic N) is 3. The topological polar surface area (TPSA) is 62.3 Å². The minimum absolute atomic E-state index is 0.0278. The monoisotopic (exact) mass is 509 g/mol. The summed E-state index contributed by atoms with van der Waals surface area (Å²) in [5, 5.41) is 1.96. The molecule has 3 heterocycles. The maximum Gasteiger partial charge on any atom is 0.254 e. The zero-order valence-corrected chi connectivity index (χ0v) is 21.3. The zero-order chi connectivity index (χ0) is 25.4. The van der Waals surface area contributed by atoms with Crippen LogP contribution in [0.2, 0.25) is 0 Å². The van der Waals surface area contributed by atoms with E-state index in [0.29, 0.717) is 48.8 Å². The number of thiophene rings is 1. The van der Waals surface area contributed by atoms with Gasteiger partial charge in [-0.05, 0) is 53.4 Å². The molecule has 0 saturated carbocycles. The van der Waals surface area contributed by atoms with Crippen molar-refractivity contribution < 1.29 is 23.5 Å². The average molecular weight is 510 g/mol. The van der Waals surface area contributed by atoms with Crippen molar-refractivity contribution >= 4 is 28.8 Å². The summed E-state index contributed by atoms with van der Waals surface area (Å²) in [7, 11) is 4.82. The third kappa shape index (κ3) is 4.17. The van der Waals surface area contributed by atoms with Crippen molar-refractivity contribution in [3.63, 3.8) is 0 Å². The highest BCUT2D eigenvalue weighted by Gasteiger charge is 2.45. The summed E-state index contributed by atoms with van der Waals surface area (Å²) in [5.74, 6) is -0.106. The second kappa shape index (κ2) is 9.81. The lowest BCUT2D eigenvalue weighted by Gasteiger charge is -2.43. The SMILES string of the molecule is COc1cc2c(cc1OC)[C@H](C(=O)N1CCN(c3ccc(F)cc3)CC1)[C@@H](c1cccs1)N(C)C2=O. The van der Waals surface area contributed by atoms with Gasteiger partial charge in [-0.15, -0.1) is 11.3 Å². The van der Waals surface area contributed by atoms with Crippen molar-refractivity contribution in [2.75, 3.05) is 52.3 Å². The molecule has 2 aromatic carbocycles. The molecule has 1 saturated heterocycles. The molecule has 36 heavy (non-hydrogen) atoms. The molecule has 0 spiro atoms. The van der Waals surface area contributed by atoms with Gasteiger partial charge in [-0.25, -0.2) is 4.39 Å². The van der Waals surface area contributed by atoms with Crippen LogP contribution in [0.1, 0.15) is 32.8 Å². The molecule has 0 unspecified atom stereocenters. The number of rotatable bonds is 5. The van der Waals surface area contributed by atoms with Gasteiger partial charge in [0.05, 0.1) is 26.2 Å². The van der Waals surface area contributed by atoms with Crippen LogP contribution in [-0.2, 0) is 4.79 Å². The molecule has 2 atom stereocenters. The standard InChI is InChI=1S/C27H28FN3O4S/c1-29-25(23-5-4-14-36-23)24(19-15-21(34-2)22(35-3)16-20(19)26(29)32)27(33)31-12-10-30(11-13-31)18-8-6-17(28)7-9-18/h4-9,14-16,24-25H,10-13H2,1-3H3/t24-,25+/m0/s1. The Morgan fingerprint density at radius 3 is 2.28 bits per heavy atom. The first-order valence-corrected chi connectivity index (χ1v) is 12.7. The summed E-state index contributed by atoms with van der Waals surface area (Å²) in [6.45, 7) is 2.34. The van der Waals surface area contributed by atoms with E-state index < -0.39 is 12.0 Å². The van der Waals surface area contributed by atoms with E-state index in [0.717, 1.165) is 10.6 Å². The lowest BCUT2D eigenvalue weighted by Crippen LogP contribution is -2.53. The van der Waals surface area contributed by atoms with Gasteiger partial charge in [-0.3, -0.25) is 9.59 Å². The van der Waals surface area contributed by atoms with E-state index in [-0.39, 0.29) is 17.6 Å². The van der Waals surface area contributed by atoms with Crippen molar-refractivity contribution in [1.82, 2.24) is 9.80 Å². The van der Waals surface area contributed by atoms with E-state index in [9.17, 15) is 14.0 Å². The normalized spacial score (nSPS) is 19.8. The van der Waals surface area contributed by atoms with Crippen LogP contribution < -0.4 is 14.4 Å². The summed E-state index contributed by atoms with van der Waals surface area (Å²) in [5.41, 5.74) is 2.04. The van der Waals surface area contributed by atoms with Crippen LogP contribution in [0, 0.1) is 5.82 Å². The number of carbonyl (C=O) groups is 2. The minimum Gasteiger partial charge on any atom is -0.493 e. The molecule has 5 rings (SSSR count). The van der Waals surface area contributed by atoms with Crippen molar-refractivity contribution in [3.05, 3.63) is 75.7 Å². The van der Waals surface area contributed by atoms with Gasteiger partial charge >= 0.3 is 0 Å². The molecule has 1 aromatic heterocycles. The van der Waals surface area contributed by atoms with E-state index in [4.69, 9.17) is 9.47 Å². The Balaban J connectivity index is 1.49. The quantitative estimate of drug-likeness (QED) is 0.517. The number of anilines is 1. The maximum absolute atomic E-state index is 14.2. The third-order valence-corrected chi connectivity index (χ3v) is 8.00. The van der Waals surface area contributed by atoms with Crippen LogP contribution in [-0.4, -0.2) is 69.1 Å². The first kappa shape index (κ1) is 24.1. The van der Waals surface area contributed by atoms with Crippen molar-refractivity contribution in [3.8, 4) is 11.5 Å². The lowest BCUT2D eigenvalue weighted by molar-refractivity contribution is -0.134. The number of hydrogen-bond acceptors (Lipinski definition) is 6. The number of carbonyl (C=O) groups excluding carboxylic acids is 2. The predicted octanol–water partition coefficient (Wildman–Crippen LogP) is 4.16. The Morgan fingerprint density at radius 1 is 1.00 bits per heavy atom. The molecule has 9 heteroatoms. The van der Waals surface area contributed by atoms with Gasteiger partial charge in [0.2, 0.25) is 5.91 Å². The van der Waals surface area contributed by atoms with Crippen LogP contribution in [0.4, 0.5) is 10.1 Å². The molecule has 2 aliphatic heterocycles. The van der Waals surface area contributed by atoms with E-state index in [1.807, 2.05) is 22.4 Å². The first-order valence-electron chi connectivity index (χ1n) is 11.8. The van der Waals surface area contributed by atoms with Crippen molar-refractivity contribution in [2.24, 2.45) is 0 Å². The van der Waals surface area contributed by atoms with Gasteiger partial charge in [0.25, 0.3) is 5.91 Å². The number of methoxy groups -OCH3 is 2. The lowest BCUT2D eigenvalue weighted by atomic mass is 9.81. The highest BCUT2D eigenvalue weighted by atomic mass is 32.1. The fourth-order valence-corrected chi connectivity index (χ4v) is 6.07. The highest BCUT2D eigenvalue weighted by Crippen LogP contribution is 2.47. The van der Waals surface area contributed by atoms with E-state index in [1.54, 1.807) is 43.3 Å². The van der Waals surface area contributed by atoms with Crippen LogP contribution in [0.3, 0.4) is 0 Å². The Kier molecular flexibility index (Phi) is 6.57. The summed E-state index contributed by atoms with van der Waals surface area (Å²) >= 11 is 1.53. The Labute approximate surface area is 213 Å². The van der Waals surface area contributed by atoms with Crippen molar-refractivity contribution in [1.29, 1.82) is 0 Å². The molecule has 2 aliphatic rings. The third-order valence-electron chi connectivity index (χ3n) is 7.06. The smallest absolute Gasteiger partial charge is 0.254 e. The summed E-state index contributed by atoms with van der Waals surface area (Å²) < 4.78 is 24.3. The van der Waals surface area contributed by atoms with Crippen molar-refractivity contribution in [2.45, 2.75) is 12.0 Å². The van der Waals surface area contributed by atoms with Gasteiger partial charge < -0.3 is 24.2 Å². The molecule has 0 bridgehead atoms. The largest absolute Gasteiger partial charge is 0.493 e. The zero-order valence-electron chi connectivity index (χ0n) is 20.4. The van der Waals surface area contributed by atoms with Gasteiger partial charge in [0.1, 0.15) is 5.82 Å². The maximum atomic E-state index is 14.2. The summed E-state index contributed by atoms with van der Waals surface area (Å²) in [6, 6.07) is 13.3. The Bertz CT molecular complexity index is 1260. The molecule has 3 aromatic rings. The second-order valence-corrected chi connectivity index (χ2v) is 9.92. The molecule has 7 nitrogen and oxygen atoms in total. The molecule has 2 amide bonds. The van der Waals surface area contributed by atoms with Gasteiger partial charge in [-0.2, -0.15) is 0 Å². The molecular formula is C27H28FN3O4S. The molecule has 0 aliphatic carbocycles. The highest BCUT2D eigenvalue weighted by molar-refractivity contribution is 7.10. The number of hydrogen-bond donors (Lipinski definition) is 0. The minimum atomic E-state index is -0.585. The summed E-state index contributed by atoms with van der Waals surface area (Å²) in [6.07, 6.45) is 0. The number of likely N-dealkylation sites (N-methyl/N-ethyl adjacent to an activating group) is 1. The van der Waals surface area contributed by atoms with Gasteiger partial charge in [-0.1, -0.05) is 6.07 Å². The fraction of sp³-hybridized carbons (Fsp3) is 0.333. The molecule has 1 fully saturated rings. The molecule has 0 radical (unpaired) electrons. The molecule has 0 N–H and O–H groups in total. The Hall–Kier alpha value is -3.59. The van der Waals surface area contributed by atoms with Crippen LogP contribution in [0.15, 0.2) is 53.9 Å². The number of piperazine rings is 1. The average Bonchev–Trinajstić information content (AvgIpc) is 3.44. The van der Waals surface area contributed by atoms with Gasteiger partial charge in [0.15, 0.2) is 11.5 Å². The summed E-state index contributed by atoms with van der Waals surface area (Å²) in [4.78, 5) is 34.2. The molecule has 188 valence electrons. The van der Waals surface area contributed by atoms with E-state index in [2.05, 4.69) is 4.90 Å². The van der Waals surface area contributed by atoms with Crippen LogP contribution in [0.25, 0.3) is 0 Å². The predicted molar refractivity (Wildman–Crippen MR) is 137 cm³/mol. The van der Waals surface area contributed by atoms with E-state index in [1.165, 1.54) is 30.6 Å². The molecular weight excluding hydrogens is 481 g/mol. The Morgan fingerprint density at radius 2 is 1.67 bits per heavy atom. The fourth-order valence-electron chi connectivity index (χ4n) is 5.16. The van der Waals surface area contributed by atoms with E-state index >= 15 is 0 Å².